The van der Waals surface area contributed by atoms with E-state index in [2.05, 4.69) is 30.6 Å². The van der Waals surface area contributed by atoms with Gasteiger partial charge in [0.05, 0.1) is 0 Å². The Labute approximate surface area is 88.8 Å². The number of rotatable bonds is 3. The van der Waals surface area contributed by atoms with Crippen molar-refractivity contribution in [2.24, 2.45) is 0 Å². The molecule has 1 rings (SSSR count). The van der Waals surface area contributed by atoms with E-state index in [1.54, 1.807) is 0 Å². The van der Waals surface area contributed by atoms with Crippen LogP contribution in [0, 0.1) is 0 Å². The average molecular weight is 193 g/mol. The maximum absolute atomic E-state index is 3.66. The van der Waals surface area contributed by atoms with Crippen molar-refractivity contribution in [3.8, 4) is 0 Å². The van der Waals surface area contributed by atoms with Crippen molar-refractivity contribution in [1.82, 2.24) is 4.90 Å². The molecule has 14 heavy (non-hydrogen) atoms. The molecule has 0 atom stereocenters. The van der Waals surface area contributed by atoms with Crippen LogP contribution in [0.5, 0.6) is 0 Å². The van der Waals surface area contributed by atoms with Gasteiger partial charge in [0.1, 0.15) is 0 Å². The second kappa shape index (κ2) is 8.61. The Morgan fingerprint density at radius 1 is 1.21 bits per heavy atom. The first-order valence-electron chi connectivity index (χ1n) is 5.59. The van der Waals surface area contributed by atoms with Crippen molar-refractivity contribution in [2.45, 2.75) is 33.6 Å². The van der Waals surface area contributed by atoms with Gasteiger partial charge in [-0.25, -0.2) is 0 Å². The van der Waals surface area contributed by atoms with Gasteiger partial charge in [-0.3, -0.25) is 0 Å². The van der Waals surface area contributed by atoms with Crippen molar-refractivity contribution < 1.29 is 0 Å². The quantitative estimate of drug-likeness (QED) is 0.617. The maximum Gasteiger partial charge on any atom is 0.0322 e. The van der Waals surface area contributed by atoms with E-state index < -0.39 is 0 Å². The van der Waals surface area contributed by atoms with Crippen LogP contribution in [-0.2, 0) is 0 Å². The highest BCUT2D eigenvalue weighted by Crippen LogP contribution is 2.15. The van der Waals surface area contributed by atoms with E-state index in [1.807, 2.05) is 26.0 Å². The standard InChI is InChI=1S/C11H17N.C2H6/c1-3-5-8-11(4-2)12-9-6-7-10-12;1-2/h3-5,8H,1,6-7,9-10H2,2H3;1-2H3/b8-5-,11-4+;. The fourth-order valence-electron chi connectivity index (χ4n) is 1.53. The molecule has 0 aromatic rings. The summed E-state index contributed by atoms with van der Waals surface area (Å²) in [5.74, 6) is 0. The van der Waals surface area contributed by atoms with Gasteiger partial charge in [-0.2, -0.15) is 0 Å². The number of hydrogen-bond acceptors (Lipinski definition) is 1. The maximum atomic E-state index is 3.66. The van der Waals surface area contributed by atoms with Crippen LogP contribution < -0.4 is 0 Å². The van der Waals surface area contributed by atoms with Gasteiger partial charge in [0.15, 0.2) is 0 Å². The highest BCUT2D eigenvalue weighted by molar-refractivity contribution is 5.20. The van der Waals surface area contributed by atoms with Gasteiger partial charge in [0, 0.05) is 18.8 Å². The third-order valence-corrected chi connectivity index (χ3v) is 2.17. The van der Waals surface area contributed by atoms with Gasteiger partial charge in [0.2, 0.25) is 0 Å². The third-order valence-electron chi connectivity index (χ3n) is 2.17. The summed E-state index contributed by atoms with van der Waals surface area (Å²) >= 11 is 0. The summed E-state index contributed by atoms with van der Waals surface area (Å²) in [5, 5.41) is 0. The number of allylic oxidation sites excluding steroid dienone is 4. The smallest absolute Gasteiger partial charge is 0.0322 e. The molecule has 0 bridgehead atoms. The Hall–Kier alpha value is -0.980. The first-order chi connectivity index (χ1) is 6.88. The lowest BCUT2D eigenvalue weighted by Gasteiger charge is -2.18. The molecule has 1 fully saturated rings. The van der Waals surface area contributed by atoms with Gasteiger partial charge in [0.25, 0.3) is 0 Å². The predicted molar refractivity (Wildman–Crippen MR) is 65.2 cm³/mol. The summed E-state index contributed by atoms with van der Waals surface area (Å²) in [6.45, 7) is 12.2. The SMILES string of the molecule is C=C/C=C\C(=C/C)N1CCCC1.CC. The lowest BCUT2D eigenvalue weighted by Crippen LogP contribution is -2.16. The molecule has 0 unspecified atom stereocenters. The highest BCUT2D eigenvalue weighted by Gasteiger charge is 2.11. The van der Waals surface area contributed by atoms with Gasteiger partial charge in [-0.1, -0.05) is 38.7 Å². The summed E-state index contributed by atoms with van der Waals surface area (Å²) in [7, 11) is 0. The minimum absolute atomic E-state index is 1.21. The van der Waals surface area contributed by atoms with E-state index >= 15 is 0 Å². The largest absolute Gasteiger partial charge is 0.372 e. The molecule has 1 aliphatic rings. The first kappa shape index (κ1) is 13.0. The van der Waals surface area contributed by atoms with Crippen molar-refractivity contribution in [3.63, 3.8) is 0 Å². The molecule has 0 N–H and O–H groups in total. The van der Waals surface area contributed by atoms with Crippen LogP contribution in [0.2, 0.25) is 0 Å². The molecular weight excluding hydrogens is 170 g/mol. The Morgan fingerprint density at radius 2 is 1.79 bits per heavy atom. The van der Waals surface area contributed by atoms with Crippen molar-refractivity contribution >= 4 is 0 Å². The lowest BCUT2D eigenvalue weighted by atomic mass is 10.3. The fraction of sp³-hybridized carbons (Fsp3) is 0.538. The zero-order chi connectivity index (χ0) is 10.8. The molecule has 0 amide bonds. The van der Waals surface area contributed by atoms with Crippen LogP contribution in [0.1, 0.15) is 33.6 Å². The molecule has 0 radical (unpaired) electrons. The van der Waals surface area contributed by atoms with Crippen LogP contribution in [0.4, 0.5) is 0 Å². The van der Waals surface area contributed by atoms with Gasteiger partial charge < -0.3 is 4.90 Å². The first-order valence-corrected chi connectivity index (χ1v) is 5.59. The molecular formula is C13H23N. The van der Waals surface area contributed by atoms with Gasteiger partial charge >= 0.3 is 0 Å². The summed E-state index contributed by atoms with van der Waals surface area (Å²) in [5.41, 5.74) is 1.33. The third kappa shape index (κ3) is 4.31. The number of likely N-dealkylation sites (tertiary alicyclic amines) is 1. The average Bonchev–Trinajstić information content (AvgIpc) is 2.76. The van der Waals surface area contributed by atoms with Gasteiger partial charge in [-0.05, 0) is 25.8 Å². The normalized spacial score (nSPS) is 16.8. The molecule has 1 nitrogen and oxygen atoms in total. The molecule has 80 valence electrons. The second-order valence-corrected chi connectivity index (χ2v) is 3.00. The molecule has 1 heteroatoms. The van der Waals surface area contributed by atoms with E-state index in [9.17, 15) is 0 Å². The van der Waals surface area contributed by atoms with Crippen LogP contribution >= 0.6 is 0 Å². The number of nitrogens with zero attached hydrogens (tertiary/aromatic N) is 1. The van der Waals surface area contributed by atoms with Crippen molar-refractivity contribution in [3.05, 3.63) is 36.6 Å². The Morgan fingerprint density at radius 3 is 2.21 bits per heavy atom. The van der Waals surface area contributed by atoms with Crippen LogP contribution in [0.15, 0.2) is 36.6 Å². The summed E-state index contributed by atoms with van der Waals surface area (Å²) in [6.07, 6.45) is 10.8. The molecule has 1 saturated heterocycles. The van der Waals surface area contributed by atoms with E-state index in [0.29, 0.717) is 0 Å². The second-order valence-electron chi connectivity index (χ2n) is 3.00. The lowest BCUT2D eigenvalue weighted by molar-refractivity contribution is 0.439. The zero-order valence-corrected chi connectivity index (χ0v) is 9.79. The minimum atomic E-state index is 1.21. The summed E-state index contributed by atoms with van der Waals surface area (Å²) in [4.78, 5) is 2.42. The number of hydrogen-bond donors (Lipinski definition) is 0. The van der Waals surface area contributed by atoms with E-state index in [1.165, 1.54) is 31.6 Å². The van der Waals surface area contributed by atoms with Crippen LogP contribution in [0.3, 0.4) is 0 Å². The van der Waals surface area contributed by atoms with E-state index in [0.717, 1.165) is 0 Å². The molecule has 0 aliphatic carbocycles. The Balaban J connectivity index is 0.000000791. The topological polar surface area (TPSA) is 3.24 Å². The molecule has 0 saturated carbocycles. The molecule has 0 aromatic carbocycles. The molecule has 1 heterocycles. The molecule has 1 aliphatic heterocycles. The van der Waals surface area contributed by atoms with Crippen molar-refractivity contribution in [1.29, 1.82) is 0 Å². The molecule has 0 spiro atoms. The van der Waals surface area contributed by atoms with Crippen LogP contribution in [0.25, 0.3) is 0 Å². The summed E-state index contributed by atoms with van der Waals surface area (Å²) < 4.78 is 0. The van der Waals surface area contributed by atoms with E-state index in [-0.39, 0.29) is 0 Å². The summed E-state index contributed by atoms with van der Waals surface area (Å²) in [6, 6.07) is 0. The monoisotopic (exact) mass is 193 g/mol. The zero-order valence-electron chi connectivity index (χ0n) is 9.79. The van der Waals surface area contributed by atoms with E-state index in [4.69, 9.17) is 0 Å². The van der Waals surface area contributed by atoms with Gasteiger partial charge in [-0.15, -0.1) is 0 Å². The Kier molecular flexibility index (Phi) is 8.01. The fourth-order valence-corrected chi connectivity index (χ4v) is 1.53. The van der Waals surface area contributed by atoms with Crippen LogP contribution in [-0.4, -0.2) is 18.0 Å². The predicted octanol–water partition coefficient (Wildman–Crippen LogP) is 3.75. The Bertz CT molecular complexity index is 195. The highest BCUT2D eigenvalue weighted by atomic mass is 15.1. The van der Waals surface area contributed by atoms with Crippen molar-refractivity contribution in [2.75, 3.05) is 13.1 Å². The minimum Gasteiger partial charge on any atom is -0.372 e. The molecule has 0 aromatic heterocycles.